The number of benzene rings is 2. The van der Waals surface area contributed by atoms with E-state index in [1.54, 1.807) is 17.0 Å². The van der Waals surface area contributed by atoms with Crippen molar-refractivity contribution in [3.05, 3.63) is 52.9 Å². The van der Waals surface area contributed by atoms with Crippen LogP contribution in [0.15, 0.2) is 40.9 Å². The summed E-state index contributed by atoms with van der Waals surface area (Å²) in [4.78, 5) is 18.3. The summed E-state index contributed by atoms with van der Waals surface area (Å²) in [6.07, 6.45) is 0.850. The minimum Gasteiger partial charge on any atom is -0.483 e. The van der Waals surface area contributed by atoms with Crippen LogP contribution >= 0.6 is 11.6 Å². The van der Waals surface area contributed by atoms with E-state index in [2.05, 4.69) is 10.1 Å². The molecule has 1 amide bonds. The quantitative estimate of drug-likeness (QED) is 0.595. The molecule has 0 saturated carbocycles. The number of carbonyl (C=O) groups excluding carboxylic acids is 1. The van der Waals surface area contributed by atoms with Gasteiger partial charge >= 0.3 is 0 Å². The highest BCUT2D eigenvalue weighted by Gasteiger charge is 2.25. The zero-order valence-electron chi connectivity index (χ0n) is 16.1. The molecule has 2 heterocycles. The van der Waals surface area contributed by atoms with Crippen LogP contribution in [0.2, 0.25) is 5.02 Å². The topological polar surface area (TPSA) is 77.7 Å². The minimum atomic E-state index is -0.0583. The molecule has 0 aliphatic carbocycles. The molecule has 4 rings (SSSR count). The number of aryl methyl sites for hydroxylation is 1. The lowest BCUT2D eigenvalue weighted by atomic mass is 10.1. The van der Waals surface area contributed by atoms with Gasteiger partial charge in [0.1, 0.15) is 11.5 Å². The summed E-state index contributed by atoms with van der Waals surface area (Å²) < 4.78 is 16.6. The van der Waals surface area contributed by atoms with Gasteiger partial charge in [-0.25, -0.2) is 0 Å². The minimum absolute atomic E-state index is 0.0557. The van der Waals surface area contributed by atoms with Crippen molar-refractivity contribution in [2.75, 3.05) is 18.1 Å². The molecule has 3 aromatic rings. The third kappa shape index (κ3) is 4.05. The van der Waals surface area contributed by atoms with Gasteiger partial charge in [-0.3, -0.25) is 4.79 Å². The van der Waals surface area contributed by atoms with Crippen molar-refractivity contribution < 1.29 is 18.8 Å². The molecular weight excluding hydrogens is 394 g/mol. The van der Waals surface area contributed by atoms with Crippen LogP contribution in [-0.2, 0) is 11.4 Å². The first kappa shape index (κ1) is 19.3. The van der Waals surface area contributed by atoms with Crippen LogP contribution in [0.25, 0.3) is 11.4 Å². The Balaban J connectivity index is 1.53. The molecule has 8 heteroatoms. The van der Waals surface area contributed by atoms with Crippen LogP contribution in [-0.4, -0.2) is 29.2 Å². The first-order chi connectivity index (χ1) is 14.0. The summed E-state index contributed by atoms with van der Waals surface area (Å²) in [6.45, 7) is 4.77. The van der Waals surface area contributed by atoms with Crippen LogP contribution in [0.4, 0.5) is 5.69 Å². The van der Waals surface area contributed by atoms with Gasteiger partial charge in [0.25, 0.3) is 11.8 Å². The molecule has 1 aliphatic rings. The number of anilines is 1. The third-order valence-electron chi connectivity index (χ3n) is 4.56. The molecule has 150 valence electrons. The van der Waals surface area contributed by atoms with Gasteiger partial charge in [-0.05, 0) is 55.3 Å². The van der Waals surface area contributed by atoms with Crippen LogP contribution in [0.5, 0.6) is 11.5 Å². The average molecular weight is 414 g/mol. The summed E-state index contributed by atoms with van der Waals surface area (Å²) in [5.74, 6) is 2.09. The second-order valence-electron chi connectivity index (χ2n) is 6.73. The number of aromatic nitrogens is 2. The maximum absolute atomic E-state index is 12.2. The van der Waals surface area contributed by atoms with Crippen molar-refractivity contribution in [2.45, 2.75) is 26.9 Å². The predicted molar refractivity (Wildman–Crippen MR) is 108 cm³/mol. The lowest BCUT2D eigenvalue weighted by Crippen LogP contribution is -2.39. The standard InChI is InChI=1S/C21H20ClN3O4/c1-3-8-25-16-10-14(4-6-18(16)28-12-20(25)26)21-23-19(29-24-21)11-27-17-7-5-15(22)9-13(17)2/h4-7,9-10H,3,8,11-12H2,1-2H3. The first-order valence-corrected chi connectivity index (χ1v) is 9.72. The number of carbonyl (C=O) groups is 1. The van der Waals surface area contributed by atoms with Gasteiger partial charge in [0.05, 0.1) is 5.69 Å². The Bertz CT molecular complexity index is 1050. The van der Waals surface area contributed by atoms with Crippen molar-refractivity contribution in [3.63, 3.8) is 0 Å². The van der Waals surface area contributed by atoms with Gasteiger partial charge in [0.15, 0.2) is 13.2 Å². The number of halogens is 1. The fraction of sp³-hybridized carbons (Fsp3) is 0.286. The summed E-state index contributed by atoms with van der Waals surface area (Å²) in [5.41, 5.74) is 2.38. The number of hydrogen-bond donors (Lipinski definition) is 0. The predicted octanol–water partition coefficient (Wildman–Crippen LogP) is 4.41. The summed E-state index contributed by atoms with van der Waals surface area (Å²) in [7, 11) is 0. The molecule has 0 spiro atoms. The van der Waals surface area contributed by atoms with E-state index in [4.69, 9.17) is 25.6 Å². The van der Waals surface area contributed by atoms with Crippen LogP contribution in [0.3, 0.4) is 0 Å². The Morgan fingerprint density at radius 2 is 2.10 bits per heavy atom. The first-order valence-electron chi connectivity index (χ1n) is 9.34. The van der Waals surface area contributed by atoms with Crippen LogP contribution < -0.4 is 14.4 Å². The van der Waals surface area contributed by atoms with E-state index in [1.807, 2.05) is 38.1 Å². The van der Waals surface area contributed by atoms with E-state index in [0.29, 0.717) is 34.8 Å². The fourth-order valence-electron chi connectivity index (χ4n) is 3.15. The van der Waals surface area contributed by atoms with E-state index >= 15 is 0 Å². The molecule has 0 radical (unpaired) electrons. The molecule has 2 aromatic carbocycles. The van der Waals surface area contributed by atoms with Crippen LogP contribution in [0, 0.1) is 6.92 Å². The molecule has 7 nitrogen and oxygen atoms in total. The summed E-state index contributed by atoms with van der Waals surface area (Å²) in [5, 5.41) is 4.70. The Kier molecular flexibility index (Phi) is 5.40. The van der Waals surface area contributed by atoms with Gasteiger partial charge < -0.3 is 18.9 Å². The average Bonchev–Trinajstić information content (AvgIpc) is 3.18. The second kappa shape index (κ2) is 8.13. The van der Waals surface area contributed by atoms with Gasteiger partial charge in [-0.15, -0.1) is 0 Å². The highest BCUT2D eigenvalue weighted by Crippen LogP contribution is 2.35. The second-order valence-corrected chi connectivity index (χ2v) is 7.16. The van der Waals surface area contributed by atoms with E-state index in [9.17, 15) is 4.79 Å². The molecule has 0 atom stereocenters. The van der Waals surface area contributed by atoms with E-state index in [-0.39, 0.29) is 19.1 Å². The number of fused-ring (bicyclic) bond motifs is 1. The van der Waals surface area contributed by atoms with E-state index < -0.39 is 0 Å². The van der Waals surface area contributed by atoms with Crippen molar-refractivity contribution in [2.24, 2.45) is 0 Å². The largest absolute Gasteiger partial charge is 0.483 e. The number of rotatable bonds is 6. The van der Waals surface area contributed by atoms with Crippen LogP contribution in [0.1, 0.15) is 24.8 Å². The number of hydrogen-bond acceptors (Lipinski definition) is 6. The Labute approximate surface area is 173 Å². The molecule has 29 heavy (non-hydrogen) atoms. The highest BCUT2D eigenvalue weighted by atomic mass is 35.5. The molecule has 0 N–H and O–H groups in total. The van der Waals surface area contributed by atoms with Crippen molar-refractivity contribution in [3.8, 4) is 22.9 Å². The molecule has 0 saturated heterocycles. The summed E-state index contributed by atoms with van der Waals surface area (Å²) >= 11 is 5.96. The zero-order chi connectivity index (χ0) is 20.4. The van der Waals surface area contributed by atoms with E-state index in [0.717, 1.165) is 23.2 Å². The Morgan fingerprint density at radius 1 is 1.24 bits per heavy atom. The number of nitrogens with zero attached hydrogens (tertiary/aromatic N) is 3. The SMILES string of the molecule is CCCN1C(=O)COc2ccc(-c3noc(COc4ccc(Cl)cc4C)n3)cc21. The maximum atomic E-state index is 12.2. The molecule has 1 aliphatic heterocycles. The number of ether oxygens (including phenoxy) is 2. The molecule has 0 fully saturated rings. The Hall–Kier alpha value is -3.06. The Morgan fingerprint density at radius 3 is 2.90 bits per heavy atom. The highest BCUT2D eigenvalue weighted by molar-refractivity contribution is 6.30. The van der Waals surface area contributed by atoms with Crippen molar-refractivity contribution in [1.29, 1.82) is 0 Å². The van der Waals surface area contributed by atoms with Crippen molar-refractivity contribution in [1.82, 2.24) is 10.1 Å². The molecule has 1 aromatic heterocycles. The maximum Gasteiger partial charge on any atom is 0.265 e. The molecule has 0 unspecified atom stereocenters. The monoisotopic (exact) mass is 413 g/mol. The molecule has 0 bridgehead atoms. The summed E-state index contributed by atoms with van der Waals surface area (Å²) in [6, 6.07) is 10.9. The van der Waals surface area contributed by atoms with Gasteiger partial charge in [-0.2, -0.15) is 4.98 Å². The van der Waals surface area contributed by atoms with E-state index in [1.165, 1.54) is 0 Å². The van der Waals surface area contributed by atoms with Gasteiger partial charge in [-0.1, -0.05) is 23.7 Å². The van der Waals surface area contributed by atoms with Gasteiger partial charge in [0.2, 0.25) is 5.82 Å². The molecular formula is C21H20ClN3O4. The van der Waals surface area contributed by atoms with Crippen molar-refractivity contribution >= 4 is 23.2 Å². The van der Waals surface area contributed by atoms with Gasteiger partial charge in [0, 0.05) is 17.1 Å². The fourth-order valence-corrected chi connectivity index (χ4v) is 3.38. The third-order valence-corrected chi connectivity index (χ3v) is 4.80. The lowest BCUT2D eigenvalue weighted by molar-refractivity contribution is -0.121. The zero-order valence-corrected chi connectivity index (χ0v) is 16.9. The number of amides is 1. The smallest absolute Gasteiger partial charge is 0.265 e. The lowest BCUT2D eigenvalue weighted by Gasteiger charge is -2.29. The normalized spacial score (nSPS) is 13.2.